The fourth-order valence-corrected chi connectivity index (χ4v) is 3.07. The van der Waals surface area contributed by atoms with Gasteiger partial charge >= 0.3 is 0 Å². The summed E-state index contributed by atoms with van der Waals surface area (Å²) in [6.07, 6.45) is 0.215. The fourth-order valence-electron chi connectivity index (χ4n) is 3.07. The van der Waals surface area contributed by atoms with Crippen molar-refractivity contribution in [3.8, 4) is 0 Å². The van der Waals surface area contributed by atoms with Gasteiger partial charge in [-0.1, -0.05) is 55.5 Å². The second-order valence-electron chi connectivity index (χ2n) is 5.87. The van der Waals surface area contributed by atoms with E-state index in [1.165, 1.54) is 6.21 Å². The standard InChI is InChI=1S/C19H20N2O3/c1-2-16-19(24,13-20-21(16)15-11-7-4-8-12-15)18(23)17(22)14-9-5-3-6-10-14/h3-13,16,18,23-24H,2H2,1H3. The van der Waals surface area contributed by atoms with Crippen LogP contribution in [-0.2, 0) is 0 Å². The van der Waals surface area contributed by atoms with Crippen LogP contribution in [0.15, 0.2) is 65.8 Å². The van der Waals surface area contributed by atoms with E-state index in [9.17, 15) is 15.0 Å². The second kappa shape index (κ2) is 6.55. The topological polar surface area (TPSA) is 73.1 Å². The van der Waals surface area contributed by atoms with Gasteiger partial charge in [0.15, 0.2) is 17.5 Å². The molecule has 2 aromatic rings. The molecule has 0 spiro atoms. The zero-order valence-corrected chi connectivity index (χ0v) is 13.4. The van der Waals surface area contributed by atoms with Gasteiger partial charge in [0, 0.05) is 5.56 Å². The minimum Gasteiger partial charge on any atom is -0.381 e. The van der Waals surface area contributed by atoms with E-state index >= 15 is 0 Å². The van der Waals surface area contributed by atoms with Crippen LogP contribution in [0.4, 0.5) is 5.69 Å². The molecule has 1 aliphatic rings. The van der Waals surface area contributed by atoms with Gasteiger partial charge in [0.1, 0.15) is 0 Å². The monoisotopic (exact) mass is 324 g/mol. The lowest BCUT2D eigenvalue weighted by atomic mass is 9.84. The Morgan fingerprint density at radius 3 is 2.33 bits per heavy atom. The van der Waals surface area contributed by atoms with Crippen LogP contribution in [0.2, 0.25) is 0 Å². The Bertz CT molecular complexity index is 733. The first-order valence-corrected chi connectivity index (χ1v) is 7.97. The maximum Gasteiger partial charge on any atom is 0.194 e. The minimum absolute atomic E-state index is 0.361. The van der Waals surface area contributed by atoms with Gasteiger partial charge in [-0.15, -0.1) is 0 Å². The highest BCUT2D eigenvalue weighted by Crippen LogP contribution is 2.33. The molecule has 0 fully saturated rings. The van der Waals surface area contributed by atoms with Crippen molar-refractivity contribution in [2.24, 2.45) is 5.10 Å². The van der Waals surface area contributed by atoms with Gasteiger partial charge in [0.05, 0.1) is 17.9 Å². The second-order valence-corrected chi connectivity index (χ2v) is 5.87. The van der Waals surface area contributed by atoms with Gasteiger partial charge in [-0.25, -0.2) is 0 Å². The number of aliphatic hydroxyl groups excluding tert-OH is 1. The van der Waals surface area contributed by atoms with E-state index in [0.29, 0.717) is 12.0 Å². The minimum atomic E-state index is -1.74. The molecule has 24 heavy (non-hydrogen) atoms. The van der Waals surface area contributed by atoms with Crippen molar-refractivity contribution >= 4 is 17.7 Å². The predicted octanol–water partition coefficient (Wildman–Crippen LogP) is 2.25. The fraction of sp³-hybridized carbons (Fsp3) is 0.263. The van der Waals surface area contributed by atoms with Crippen LogP contribution < -0.4 is 5.01 Å². The lowest BCUT2D eigenvalue weighted by molar-refractivity contribution is -0.0204. The van der Waals surface area contributed by atoms with Crippen LogP contribution in [0, 0.1) is 0 Å². The first-order chi connectivity index (χ1) is 11.6. The van der Waals surface area contributed by atoms with E-state index < -0.39 is 23.5 Å². The van der Waals surface area contributed by atoms with E-state index in [2.05, 4.69) is 5.10 Å². The molecule has 124 valence electrons. The van der Waals surface area contributed by atoms with Gasteiger partial charge < -0.3 is 10.2 Å². The number of benzene rings is 2. The Labute approximate surface area is 140 Å². The summed E-state index contributed by atoms with van der Waals surface area (Å²) in [7, 11) is 0. The molecule has 3 atom stereocenters. The number of hydrogen-bond acceptors (Lipinski definition) is 5. The highest BCUT2D eigenvalue weighted by atomic mass is 16.4. The lowest BCUT2D eigenvalue weighted by Crippen LogP contribution is -2.57. The number of anilines is 1. The van der Waals surface area contributed by atoms with Crippen LogP contribution in [0.25, 0.3) is 0 Å². The zero-order chi connectivity index (χ0) is 17.2. The van der Waals surface area contributed by atoms with E-state index in [-0.39, 0.29) is 0 Å². The largest absolute Gasteiger partial charge is 0.381 e. The van der Waals surface area contributed by atoms with E-state index in [4.69, 9.17) is 0 Å². The summed E-state index contributed by atoms with van der Waals surface area (Å²) in [5.41, 5.74) is -0.576. The number of carbonyl (C=O) groups excluding carboxylic acids is 1. The average Bonchev–Trinajstić information content (AvgIpc) is 2.99. The molecule has 0 saturated heterocycles. The molecule has 2 aromatic carbocycles. The number of nitrogens with zero attached hydrogens (tertiary/aromatic N) is 2. The number of Topliss-reactive ketones (excluding diaryl/α,β-unsaturated/α-hetero) is 1. The number of hydrazone groups is 1. The number of ketones is 1. The highest BCUT2D eigenvalue weighted by Gasteiger charge is 2.51. The summed E-state index contributed by atoms with van der Waals surface area (Å²) >= 11 is 0. The number of rotatable bonds is 5. The van der Waals surface area contributed by atoms with Crippen molar-refractivity contribution in [1.82, 2.24) is 0 Å². The average molecular weight is 324 g/mol. The summed E-state index contributed by atoms with van der Waals surface area (Å²) in [6.45, 7) is 1.89. The summed E-state index contributed by atoms with van der Waals surface area (Å²) in [5, 5.41) is 27.5. The molecule has 0 saturated carbocycles. The Hall–Kier alpha value is -2.50. The van der Waals surface area contributed by atoms with Crippen LogP contribution in [0.1, 0.15) is 23.7 Å². The molecule has 5 nitrogen and oxygen atoms in total. The lowest BCUT2D eigenvalue weighted by Gasteiger charge is -2.35. The zero-order valence-electron chi connectivity index (χ0n) is 13.4. The molecule has 0 bridgehead atoms. The van der Waals surface area contributed by atoms with E-state index in [1.807, 2.05) is 37.3 Å². The maximum absolute atomic E-state index is 12.6. The third-order valence-electron chi connectivity index (χ3n) is 4.37. The smallest absolute Gasteiger partial charge is 0.194 e. The number of hydrogen-bond donors (Lipinski definition) is 2. The van der Waals surface area contributed by atoms with Crippen molar-refractivity contribution in [2.75, 3.05) is 5.01 Å². The highest BCUT2D eigenvalue weighted by molar-refractivity contribution is 6.03. The molecule has 0 aliphatic carbocycles. The van der Waals surface area contributed by atoms with Gasteiger partial charge in [0.25, 0.3) is 0 Å². The molecule has 0 radical (unpaired) electrons. The van der Waals surface area contributed by atoms with Gasteiger partial charge in [0.2, 0.25) is 0 Å². The molecule has 1 heterocycles. The van der Waals surface area contributed by atoms with Gasteiger partial charge in [-0.2, -0.15) is 5.10 Å². The predicted molar refractivity (Wildman–Crippen MR) is 93.2 cm³/mol. The normalized spacial score (nSPS) is 24.1. The van der Waals surface area contributed by atoms with Crippen LogP contribution in [0.3, 0.4) is 0 Å². The Kier molecular flexibility index (Phi) is 4.46. The first kappa shape index (κ1) is 16.4. The van der Waals surface area contributed by atoms with Crippen LogP contribution in [0.5, 0.6) is 0 Å². The molecule has 0 aromatic heterocycles. The molecule has 3 rings (SSSR count). The maximum atomic E-state index is 12.6. The molecule has 5 heteroatoms. The third-order valence-corrected chi connectivity index (χ3v) is 4.37. The Morgan fingerprint density at radius 1 is 1.17 bits per heavy atom. The number of carbonyl (C=O) groups is 1. The van der Waals surface area contributed by atoms with E-state index in [1.54, 1.807) is 35.3 Å². The van der Waals surface area contributed by atoms with Gasteiger partial charge in [-0.3, -0.25) is 9.80 Å². The van der Waals surface area contributed by atoms with Crippen LogP contribution in [-0.4, -0.2) is 40.0 Å². The first-order valence-electron chi connectivity index (χ1n) is 7.97. The van der Waals surface area contributed by atoms with Gasteiger partial charge in [-0.05, 0) is 18.6 Å². The molecular formula is C19H20N2O3. The van der Waals surface area contributed by atoms with Crippen molar-refractivity contribution in [2.45, 2.75) is 31.1 Å². The number of para-hydroxylation sites is 1. The van der Waals surface area contributed by atoms with Crippen molar-refractivity contribution in [3.05, 3.63) is 66.2 Å². The van der Waals surface area contributed by atoms with Crippen molar-refractivity contribution in [3.63, 3.8) is 0 Å². The van der Waals surface area contributed by atoms with Crippen molar-refractivity contribution < 1.29 is 15.0 Å². The molecule has 2 N–H and O–H groups in total. The quantitative estimate of drug-likeness (QED) is 0.827. The third kappa shape index (κ3) is 2.72. The summed E-state index contributed by atoms with van der Waals surface area (Å²) in [4.78, 5) is 12.6. The summed E-state index contributed by atoms with van der Waals surface area (Å²) in [6, 6.07) is 17.3. The molecule has 0 amide bonds. The summed E-state index contributed by atoms with van der Waals surface area (Å²) in [5.74, 6) is -0.516. The number of aliphatic hydroxyl groups is 2. The SMILES string of the molecule is CCC1N(c2ccccc2)N=CC1(O)C(O)C(=O)c1ccccc1. The molecule has 3 unspecified atom stereocenters. The molecular weight excluding hydrogens is 304 g/mol. The van der Waals surface area contributed by atoms with E-state index in [0.717, 1.165) is 5.69 Å². The van der Waals surface area contributed by atoms with Crippen molar-refractivity contribution in [1.29, 1.82) is 0 Å². The molecule has 1 aliphatic heterocycles. The summed E-state index contributed by atoms with van der Waals surface area (Å²) < 4.78 is 0. The Balaban J connectivity index is 1.89. The Morgan fingerprint density at radius 2 is 1.75 bits per heavy atom. The van der Waals surface area contributed by atoms with Crippen LogP contribution >= 0.6 is 0 Å².